The third-order valence-corrected chi connectivity index (χ3v) is 2.05. The maximum atomic E-state index is 11.6. The number of amides is 1. The number of nitrogens with one attached hydrogen (secondary N) is 1. The number of nitrogens with zero attached hydrogens (tertiary/aromatic N) is 3. The van der Waals surface area contributed by atoms with E-state index in [0.717, 1.165) is 4.90 Å². The number of hydrogen-bond acceptors (Lipinski definition) is 4. The third kappa shape index (κ3) is 2.30. The van der Waals surface area contributed by atoms with Gasteiger partial charge in [0.15, 0.2) is 0 Å². The van der Waals surface area contributed by atoms with E-state index in [1.807, 2.05) is 0 Å². The van der Waals surface area contributed by atoms with E-state index in [1.54, 1.807) is 6.92 Å². The number of aromatic nitrogens is 3. The van der Waals surface area contributed by atoms with Crippen LogP contribution in [0.25, 0.3) is 0 Å². The van der Waals surface area contributed by atoms with Crippen molar-refractivity contribution in [2.75, 3.05) is 7.05 Å². The largest absolute Gasteiger partial charge is 0.480 e. The number of rotatable bonds is 3. The SMILES string of the molecule is Cc1nc(C(=O)N(C)C(C)C(=O)O)n[nH]1. The molecule has 7 heteroatoms. The van der Waals surface area contributed by atoms with Crippen molar-refractivity contribution in [1.82, 2.24) is 20.1 Å². The summed E-state index contributed by atoms with van der Waals surface area (Å²) in [6.45, 7) is 3.07. The average molecular weight is 212 g/mol. The number of aryl methyl sites for hydroxylation is 1. The van der Waals surface area contributed by atoms with Gasteiger partial charge in [0.05, 0.1) is 0 Å². The fourth-order valence-electron chi connectivity index (χ4n) is 0.938. The molecule has 1 aromatic heterocycles. The highest BCUT2D eigenvalue weighted by Gasteiger charge is 2.25. The van der Waals surface area contributed by atoms with Gasteiger partial charge in [0.2, 0.25) is 5.82 Å². The Bertz CT molecular complexity index is 387. The van der Waals surface area contributed by atoms with E-state index < -0.39 is 17.9 Å². The topological polar surface area (TPSA) is 99.2 Å². The molecule has 2 N–H and O–H groups in total. The molecule has 7 nitrogen and oxygen atoms in total. The number of likely N-dealkylation sites (N-methyl/N-ethyl adjacent to an activating group) is 1. The van der Waals surface area contributed by atoms with E-state index in [2.05, 4.69) is 15.2 Å². The van der Waals surface area contributed by atoms with E-state index in [-0.39, 0.29) is 5.82 Å². The van der Waals surface area contributed by atoms with E-state index >= 15 is 0 Å². The highest BCUT2D eigenvalue weighted by molar-refractivity contribution is 5.93. The predicted octanol–water partition coefficient (Wildman–Crippen LogP) is -0.342. The first-order chi connectivity index (χ1) is 6.93. The quantitative estimate of drug-likeness (QED) is 0.714. The molecule has 0 saturated heterocycles. The zero-order chi connectivity index (χ0) is 11.6. The Balaban J connectivity index is 2.81. The third-order valence-electron chi connectivity index (χ3n) is 2.05. The zero-order valence-electron chi connectivity index (χ0n) is 8.68. The van der Waals surface area contributed by atoms with E-state index in [9.17, 15) is 9.59 Å². The van der Waals surface area contributed by atoms with Gasteiger partial charge in [0.25, 0.3) is 5.91 Å². The molecule has 0 aliphatic carbocycles. The molecule has 0 aromatic carbocycles. The second-order valence-electron chi connectivity index (χ2n) is 3.17. The molecule has 1 amide bonds. The lowest BCUT2D eigenvalue weighted by Gasteiger charge is -2.19. The minimum atomic E-state index is -1.07. The molecule has 1 aromatic rings. The average Bonchev–Trinajstić information content (AvgIpc) is 2.61. The van der Waals surface area contributed by atoms with Crippen molar-refractivity contribution < 1.29 is 14.7 Å². The molecule has 0 fully saturated rings. The summed E-state index contributed by atoms with van der Waals surface area (Å²) in [6, 6.07) is -0.906. The summed E-state index contributed by atoms with van der Waals surface area (Å²) in [6.07, 6.45) is 0. The molecule has 1 heterocycles. The van der Waals surface area contributed by atoms with E-state index in [4.69, 9.17) is 5.11 Å². The summed E-state index contributed by atoms with van der Waals surface area (Å²) in [5.41, 5.74) is 0. The van der Waals surface area contributed by atoms with Gasteiger partial charge >= 0.3 is 5.97 Å². The Morgan fingerprint density at radius 3 is 2.53 bits per heavy atom. The molecule has 0 aliphatic heterocycles. The van der Waals surface area contributed by atoms with Crippen molar-refractivity contribution in [3.8, 4) is 0 Å². The molecule has 82 valence electrons. The van der Waals surface area contributed by atoms with Gasteiger partial charge in [0.1, 0.15) is 11.9 Å². The first-order valence-electron chi connectivity index (χ1n) is 4.32. The summed E-state index contributed by atoms with van der Waals surface area (Å²) >= 11 is 0. The minimum absolute atomic E-state index is 0.0249. The highest BCUT2D eigenvalue weighted by atomic mass is 16.4. The van der Waals surface area contributed by atoms with Crippen LogP contribution in [0.5, 0.6) is 0 Å². The molecule has 0 aliphatic rings. The molecule has 15 heavy (non-hydrogen) atoms. The molecule has 1 rings (SSSR count). The second-order valence-corrected chi connectivity index (χ2v) is 3.17. The summed E-state index contributed by atoms with van der Waals surface area (Å²) in [5, 5.41) is 14.9. The lowest BCUT2D eigenvalue weighted by atomic mass is 10.3. The molecule has 0 radical (unpaired) electrons. The van der Waals surface area contributed by atoms with Crippen LogP contribution in [-0.2, 0) is 4.79 Å². The fourth-order valence-corrected chi connectivity index (χ4v) is 0.938. The van der Waals surface area contributed by atoms with Crippen molar-refractivity contribution in [1.29, 1.82) is 0 Å². The van der Waals surface area contributed by atoms with Crippen LogP contribution in [0.3, 0.4) is 0 Å². The molecule has 1 atom stereocenters. The Kier molecular flexibility index (Phi) is 3.03. The maximum absolute atomic E-state index is 11.6. The summed E-state index contributed by atoms with van der Waals surface area (Å²) < 4.78 is 0. The number of H-pyrrole nitrogens is 1. The van der Waals surface area contributed by atoms with Crippen LogP contribution in [0.1, 0.15) is 23.4 Å². The van der Waals surface area contributed by atoms with Gasteiger partial charge in [-0.1, -0.05) is 0 Å². The summed E-state index contributed by atoms with van der Waals surface area (Å²) in [7, 11) is 1.40. The van der Waals surface area contributed by atoms with Crippen LogP contribution >= 0.6 is 0 Å². The Hall–Kier alpha value is -1.92. The Morgan fingerprint density at radius 1 is 1.53 bits per heavy atom. The monoisotopic (exact) mass is 212 g/mol. The Labute approximate surface area is 86.1 Å². The normalized spacial score (nSPS) is 12.2. The van der Waals surface area contributed by atoms with Crippen LogP contribution in [0, 0.1) is 6.92 Å². The predicted molar refractivity (Wildman–Crippen MR) is 50.3 cm³/mol. The van der Waals surface area contributed by atoms with E-state index in [1.165, 1.54) is 14.0 Å². The number of hydrogen-bond donors (Lipinski definition) is 2. The van der Waals surface area contributed by atoms with Crippen molar-refractivity contribution in [3.63, 3.8) is 0 Å². The van der Waals surface area contributed by atoms with Crippen molar-refractivity contribution in [2.45, 2.75) is 19.9 Å². The fraction of sp³-hybridized carbons (Fsp3) is 0.500. The summed E-state index contributed by atoms with van der Waals surface area (Å²) in [4.78, 5) is 27.2. The maximum Gasteiger partial charge on any atom is 0.326 e. The minimum Gasteiger partial charge on any atom is -0.480 e. The smallest absolute Gasteiger partial charge is 0.326 e. The van der Waals surface area contributed by atoms with Gasteiger partial charge < -0.3 is 10.0 Å². The molecule has 1 unspecified atom stereocenters. The van der Waals surface area contributed by atoms with Gasteiger partial charge in [-0.25, -0.2) is 9.78 Å². The van der Waals surface area contributed by atoms with Gasteiger partial charge in [-0.05, 0) is 13.8 Å². The molecule has 0 saturated carbocycles. The molecular formula is C8H12N4O3. The number of carboxylic acids is 1. The standard InChI is InChI=1S/C8H12N4O3/c1-4(8(14)15)12(3)7(13)6-9-5(2)10-11-6/h4H,1-3H3,(H,14,15)(H,9,10,11). The second kappa shape index (κ2) is 4.07. The molecular weight excluding hydrogens is 200 g/mol. The summed E-state index contributed by atoms with van der Waals surface area (Å²) in [5.74, 6) is -1.11. The van der Waals surface area contributed by atoms with Gasteiger partial charge in [-0.15, -0.1) is 5.10 Å². The van der Waals surface area contributed by atoms with Gasteiger partial charge in [0, 0.05) is 7.05 Å². The lowest BCUT2D eigenvalue weighted by molar-refractivity contribution is -0.141. The number of aliphatic carboxylic acids is 1. The van der Waals surface area contributed by atoms with E-state index in [0.29, 0.717) is 5.82 Å². The van der Waals surface area contributed by atoms with Gasteiger partial charge in [-0.3, -0.25) is 9.89 Å². The highest BCUT2D eigenvalue weighted by Crippen LogP contribution is 2.02. The van der Waals surface area contributed by atoms with Gasteiger partial charge in [-0.2, -0.15) is 0 Å². The van der Waals surface area contributed by atoms with Crippen LogP contribution in [0.4, 0.5) is 0 Å². The van der Waals surface area contributed by atoms with Crippen LogP contribution in [0.2, 0.25) is 0 Å². The van der Waals surface area contributed by atoms with Crippen LogP contribution in [0.15, 0.2) is 0 Å². The Morgan fingerprint density at radius 2 is 2.13 bits per heavy atom. The number of carbonyl (C=O) groups excluding carboxylic acids is 1. The number of aromatic amines is 1. The first-order valence-corrected chi connectivity index (χ1v) is 4.32. The molecule has 0 spiro atoms. The number of carboxylic acid groups (broad SMARTS) is 1. The van der Waals surface area contributed by atoms with Crippen LogP contribution < -0.4 is 0 Å². The van der Waals surface area contributed by atoms with Crippen molar-refractivity contribution in [3.05, 3.63) is 11.6 Å². The first kappa shape index (κ1) is 11.2. The number of carbonyl (C=O) groups is 2. The zero-order valence-corrected chi connectivity index (χ0v) is 8.68. The van der Waals surface area contributed by atoms with Crippen LogP contribution in [-0.4, -0.2) is 50.2 Å². The lowest BCUT2D eigenvalue weighted by Crippen LogP contribution is -2.40. The van der Waals surface area contributed by atoms with Crippen molar-refractivity contribution in [2.24, 2.45) is 0 Å². The molecule has 0 bridgehead atoms. The van der Waals surface area contributed by atoms with Crippen molar-refractivity contribution >= 4 is 11.9 Å².